The molecule has 0 aromatic heterocycles. The van der Waals surface area contributed by atoms with E-state index < -0.39 is 11.0 Å². The molecule has 0 unspecified atom stereocenters. The van der Waals surface area contributed by atoms with Crippen LogP contribution in [0, 0.1) is 28.4 Å². The fourth-order valence-corrected chi connectivity index (χ4v) is 4.38. The largest absolute Gasteiger partial charge is 0.488 e. The highest BCUT2D eigenvalue weighted by molar-refractivity contribution is 5.68. The minimum Gasteiger partial charge on any atom is -0.488 e. The van der Waals surface area contributed by atoms with Crippen LogP contribution in [0.3, 0.4) is 0 Å². The van der Waals surface area contributed by atoms with Crippen molar-refractivity contribution >= 4 is 5.69 Å². The maximum absolute atomic E-state index is 12.1. The quantitative estimate of drug-likeness (QED) is 0.155. The zero-order valence-electron chi connectivity index (χ0n) is 22.6. The van der Waals surface area contributed by atoms with E-state index in [0.29, 0.717) is 16.9 Å². The van der Waals surface area contributed by atoms with Crippen molar-refractivity contribution in [1.82, 2.24) is 5.32 Å². The predicted molar refractivity (Wildman–Crippen MR) is 154 cm³/mol. The summed E-state index contributed by atoms with van der Waals surface area (Å²) in [5.74, 6) is 0.384. The molecule has 0 radical (unpaired) electrons. The van der Waals surface area contributed by atoms with Crippen LogP contribution in [0.25, 0.3) is 11.1 Å². The summed E-state index contributed by atoms with van der Waals surface area (Å²) in [6.07, 6.45) is 0. The summed E-state index contributed by atoms with van der Waals surface area (Å²) in [5, 5.41) is 43.1. The summed E-state index contributed by atoms with van der Waals surface area (Å²) in [5.41, 5.74) is 5.47. The Kier molecular flexibility index (Phi) is 10.0. The van der Waals surface area contributed by atoms with E-state index in [0.717, 1.165) is 27.8 Å². The lowest BCUT2D eigenvalue weighted by Crippen LogP contribution is -2.35. The van der Waals surface area contributed by atoms with E-state index in [-0.39, 0.29) is 44.4 Å². The van der Waals surface area contributed by atoms with Gasteiger partial charge >= 0.3 is 5.69 Å². The molecule has 41 heavy (non-hydrogen) atoms. The first kappa shape index (κ1) is 29.2. The predicted octanol–water partition coefficient (Wildman–Crippen LogP) is 5.04. The highest BCUT2D eigenvalue weighted by Gasteiger charge is 2.22. The van der Waals surface area contributed by atoms with Crippen molar-refractivity contribution in [1.29, 1.82) is 5.26 Å². The molecule has 0 amide bonds. The molecule has 210 valence electrons. The molecule has 0 saturated carbocycles. The molecule has 9 heteroatoms. The minimum atomic E-state index is -0.606. The number of hydrogen-bond donors (Lipinski definition) is 3. The van der Waals surface area contributed by atoms with E-state index >= 15 is 0 Å². The van der Waals surface area contributed by atoms with Crippen LogP contribution in [0.15, 0.2) is 84.9 Å². The zero-order valence-corrected chi connectivity index (χ0v) is 22.6. The number of hydrogen-bond acceptors (Lipinski definition) is 8. The van der Waals surface area contributed by atoms with Crippen LogP contribution < -0.4 is 14.8 Å². The number of rotatable bonds is 13. The first-order chi connectivity index (χ1) is 19.9. The zero-order chi connectivity index (χ0) is 29.2. The number of nitro benzene ring substituents is 1. The van der Waals surface area contributed by atoms with Gasteiger partial charge in [0.05, 0.1) is 35.8 Å². The molecule has 0 aliphatic heterocycles. The Morgan fingerprint density at radius 1 is 0.902 bits per heavy atom. The molecular formula is C32H31N3O6. The van der Waals surface area contributed by atoms with Crippen molar-refractivity contribution in [2.75, 3.05) is 13.2 Å². The molecule has 0 fully saturated rings. The number of aliphatic hydroxyl groups is 2. The van der Waals surface area contributed by atoms with Gasteiger partial charge in [-0.25, -0.2) is 0 Å². The second-order valence-corrected chi connectivity index (χ2v) is 9.47. The molecule has 0 heterocycles. The van der Waals surface area contributed by atoms with E-state index in [1.54, 1.807) is 18.2 Å². The fraction of sp³-hybridized carbons (Fsp3) is 0.219. The molecule has 4 aromatic carbocycles. The van der Waals surface area contributed by atoms with Gasteiger partial charge in [0.25, 0.3) is 0 Å². The number of benzene rings is 4. The third-order valence-electron chi connectivity index (χ3n) is 6.73. The second kappa shape index (κ2) is 14.1. The molecule has 4 rings (SSSR count). The average Bonchev–Trinajstić information content (AvgIpc) is 3.00. The number of ether oxygens (including phenoxy) is 2. The van der Waals surface area contributed by atoms with Gasteiger partial charge in [-0.05, 0) is 46.9 Å². The summed E-state index contributed by atoms with van der Waals surface area (Å²) in [6, 6.07) is 27.2. The van der Waals surface area contributed by atoms with E-state index in [9.17, 15) is 25.6 Å². The number of nitrogens with zero attached hydrogens (tertiary/aromatic N) is 2. The molecule has 3 N–H and O–H groups in total. The molecule has 0 aliphatic rings. The Labute approximate surface area is 238 Å². The van der Waals surface area contributed by atoms with Crippen molar-refractivity contribution in [3.63, 3.8) is 0 Å². The van der Waals surface area contributed by atoms with Crippen LogP contribution >= 0.6 is 0 Å². The Bertz CT molecular complexity index is 1530. The molecular weight excluding hydrogens is 522 g/mol. The molecule has 0 bridgehead atoms. The second-order valence-electron chi connectivity index (χ2n) is 9.47. The van der Waals surface area contributed by atoms with Crippen molar-refractivity contribution in [2.24, 2.45) is 0 Å². The van der Waals surface area contributed by atoms with Gasteiger partial charge in [0.1, 0.15) is 19.0 Å². The Morgan fingerprint density at radius 3 is 2.34 bits per heavy atom. The fourth-order valence-electron chi connectivity index (χ4n) is 4.38. The van der Waals surface area contributed by atoms with Crippen molar-refractivity contribution in [3.8, 4) is 28.7 Å². The summed E-state index contributed by atoms with van der Waals surface area (Å²) in [6.45, 7) is 1.69. The smallest absolute Gasteiger partial charge is 0.311 e. The lowest BCUT2D eigenvalue weighted by molar-refractivity contribution is -0.386. The van der Waals surface area contributed by atoms with Gasteiger partial charge in [-0.15, -0.1) is 0 Å². The van der Waals surface area contributed by atoms with Crippen LogP contribution in [0.2, 0.25) is 0 Å². The topological polar surface area (TPSA) is 138 Å². The van der Waals surface area contributed by atoms with Crippen LogP contribution in [-0.2, 0) is 19.8 Å². The Morgan fingerprint density at radius 2 is 1.63 bits per heavy atom. The summed E-state index contributed by atoms with van der Waals surface area (Å²) in [7, 11) is 0. The van der Waals surface area contributed by atoms with Gasteiger partial charge in [-0.3, -0.25) is 10.1 Å². The normalized spacial score (nSPS) is 10.8. The van der Waals surface area contributed by atoms with Crippen LogP contribution in [0.4, 0.5) is 5.69 Å². The Hall–Kier alpha value is -4.75. The molecule has 9 nitrogen and oxygen atoms in total. The van der Waals surface area contributed by atoms with Gasteiger partial charge in [0.15, 0.2) is 0 Å². The Balaban J connectivity index is 1.64. The molecule has 4 aromatic rings. The lowest BCUT2D eigenvalue weighted by Gasteiger charge is -2.18. The van der Waals surface area contributed by atoms with E-state index in [4.69, 9.17) is 9.47 Å². The van der Waals surface area contributed by atoms with Gasteiger partial charge in [0.2, 0.25) is 5.75 Å². The first-order valence-electron chi connectivity index (χ1n) is 13.1. The third-order valence-corrected chi connectivity index (χ3v) is 6.73. The average molecular weight is 554 g/mol. The van der Waals surface area contributed by atoms with Gasteiger partial charge < -0.3 is 25.0 Å². The van der Waals surface area contributed by atoms with Crippen LogP contribution in [0.1, 0.15) is 27.8 Å². The summed E-state index contributed by atoms with van der Waals surface area (Å²) >= 11 is 0. The lowest BCUT2D eigenvalue weighted by atomic mass is 9.97. The SMILES string of the molecule is Cc1c(COc2cc(OCc3cccc(C#N)c3)c(CNC(CO)CO)cc2[N+](=O)[O-])cccc1-c1ccccc1. The number of nitrogens with one attached hydrogen (secondary N) is 1. The number of nitro groups is 1. The van der Waals surface area contributed by atoms with Crippen molar-refractivity contribution < 1.29 is 24.6 Å². The molecule has 0 atom stereocenters. The third kappa shape index (κ3) is 7.47. The van der Waals surface area contributed by atoms with Gasteiger partial charge in [-0.1, -0.05) is 60.7 Å². The van der Waals surface area contributed by atoms with Gasteiger partial charge in [-0.2, -0.15) is 5.26 Å². The summed E-state index contributed by atoms with van der Waals surface area (Å²) < 4.78 is 12.1. The molecule has 0 saturated heterocycles. The number of nitriles is 1. The minimum absolute atomic E-state index is 0.0462. The molecule has 0 aliphatic carbocycles. The maximum atomic E-state index is 12.1. The van der Waals surface area contributed by atoms with Crippen LogP contribution in [-0.4, -0.2) is 34.4 Å². The van der Waals surface area contributed by atoms with Crippen molar-refractivity contribution in [2.45, 2.75) is 32.7 Å². The van der Waals surface area contributed by atoms with Crippen molar-refractivity contribution in [3.05, 3.63) is 123 Å². The highest BCUT2D eigenvalue weighted by atomic mass is 16.6. The highest BCUT2D eigenvalue weighted by Crippen LogP contribution is 2.36. The maximum Gasteiger partial charge on any atom is 0.311 e. The van der Waals surface area contributed by atoms with E-state index in [1.807, 2.05) is 61.5 Å². The van der Waals surface area contributed by atoms with Crippen LogP contribution in [0.5, 0.6) is 11.5 Å². The number of aliphatic hydroxyl groups excluding tert-OH is 2. The standard InChI is InChI=1S/C32H31N3O6/c1-22-26(11-6-12-29(22)25-9-3-2-4-10-25)21-41-32-15-31(40-20-24-8-5-7-23(13-24)16-33)27(14-30(32)35(38)39)17-34-28(18-36)19-37/h2-15,28,34,36-37H,17-21H2,1H3. The first-order valence-corrected chi connectivity index (χ1v) is 13.1. The van der Waals surface area contributed by atoms with E-state index in [2.05, 4.69) is 11.4 Å². The monoisotopic (exact) mass is 553 g/mol. The van der Waals surface area contributed by atoms with E-state index in [1.165, 1.54) is 12.1 Å². The summed E-state index contributed by atoms with van der Waals surface area (Å²) in [4.78, 5) is 11.5. The van der Waals surface area contributed by atoms with Gasteiger partial charge in [0, 0.05) is 24.2 Å². The molecule has 0 spiro atoms.